The average Bonchev–Trinajstić information content (AvgIpc) is 2.42. The fraction of sp³-hybridized carbons (Fsp3) is 0.923. The molecule has 98 valence electrons. The van der Waals surface area contributed by atoms with Crippen molar-refractivity contribution in [3.05, 3.63) is 0 Å². The van der Waals surface area contributed by atoms with Gasteiger partial charge < -0.3 is 10.2 Å². The van der Waals surface area contributed by atoms with Gasteiger partial charge in [-0.05, 0) is 6.42 Å². The van der Waals surface area contributed by atoms with E-state index < -0.39 is 0 Å². The highest BCUT2D eigenvalue weighted by Crippen LogP contribution is 2.06. The third kappa shape index (κ3) is 6.83. The van der Waals surface area contributed by atoms with E-state index in [4.69, 9.17) is 0 Å². The monoisotopic (exact) mass is 230 g/mol. The number of amides is 1. The van der Waals surface area contributed by atoms with Crippen LogP contribution in [0.3, 0.4) is 0 Å². The standard InChI is InChI=1S/C9H18N2O.2C2H6/c1-3-8(2)9(12)11-6-4-10-5-7-11;2*1-2/h8,10H,3-7H2,1-2H3;2*1-2H3. The van der Waals surface area contributed by atoms with Crippen molar-refractivity contribution in [1.29, 1.82) is 0 Å². The van der Waals surface area contributed by atoms with Gasteiger partial charge in [-0.15, -0.1) is 0 Å². The highest BCUT2D eigenvalue weighted by Gasteiger charge is 2.19. The lowest BCUT2D eigenvalue weighted by Crippen LogP contribution is -2.48. The van der Waals surface area contributed by atoms with Crippen molar-refractivity contribution in [2.75, 3.05) is 26.2 Å². The molecule has 1 amide bonds. The Morgan fingerprint density at radius 1 is 1.19 bits per heavy atom. The van der Waals surface area contributed by atoms with Crippen LogP contribution in [0.2, 0.25) is 0 Å². The fourth-order valence-electron chi connectivity index (χ4n) is 1.37. The van der Waals surface area contributed by atoms with Gasteiger partial charge in [-0.25, -0.2) is 0 Å². The largest absolute Gasteiger partial charge is 0.340 e. The minimum absolute atomic E-state index is 0.197. The number of carbonyl (C=O) groups is 1. The Morgan fingerprint density at radius 3 is 2.00 bits per heavy atom. The van der Waals surface area contributed by atoms with Gasteiger partial charge in [-0.3, -0.25) is 4.79 Å². The van der Waals surface area contributed by atoms with E-state index in [2.05, 4.69) is 12.2 Å². The van der Waals surface area contributed by atoms with E-state index >= 15 is 0 Å². The van der Waals surface area contributed by atoms with E-state index in [1.54, 1.807) is 0 Å². The van der Waals surface area contributed by atoms with Crippen LogP contribution in [0.5, 0.6) is 0 Å². The Morgan fingerprint density at radius 2 is 1.62 bits per heavy atom. The summed E-state index contributed by atoms with van der Waals surface area (Å²) in [5.74, 6) is 0.516. The molecule has 1 N–H and O–H groups in total. The molecule has 16 heavy (non-hydrogen) atoms. The lowest BCUT2D eigenvalue weighted by molar-refractivity contribution is -0.135. The van der Waals surface area contributed by atoms with E-state index in [0.29, 0.717) is 5.91 Å². The highest BCUT2D eigenvalue weighted by molar-refractivity contribution is 5.78. The third-order valence-corrected chi connectivity index (χ3v) is 2.46. The zero-order chi connectivity index (χ0) is 13.0. The number of hydrogen-bond acceptors (Lipinski definition) is 2. The third-order valence-electron chi connectivity index (χ3n) is 2.46. The lowest BCUT2D eigenvalue weighted by Gasteiger charge is -2.29. The summed E-state index contributed by atoms with van der Waals surface area (Å²) < 4.78 is 0. The molecule has 0 aromatic rings. The van der Waals surface area contributed by atoms with E-state index in [-0.39, 0.29) is 5.92 Å². The Kier molecular flexibility index (Phi) is 13.9. The second-order valence-corrected chi connectivity index (χ2v) is 3.38. The summed E-state index contributed by atoms with van der Waals surface area (Å²) in [6, 6.07) is 0. The molecule has 1 atom stereocenters. The molecule has 1 saturated heterocycles. The van der Waals surface area contributed by atoms with Crippen molar-refractivity contribution in [2.45, 2.75) is 48.0 Å². The first kappa shape index (κ1) is 17.8. The van der Waals surface area contributed by atoms with Gasteiger partial charge in [0.2, 0.25) is 5.91 Å². The maximum atomic E-state index is 11.6. The summed E-state index contributed by atoms with van der Waals surface area (Å²) in [5, 5.41) is 3.23. The molecule has 3 heteroatoms. The van der Waals surface area contributed by atoms with Gasteiger partial charge in [0.1, 0.15) is 0 Å². The predicted octanol–water partition coefficient (Wildman–Crippen LogP) is 2.52. The first-order valence-electron chi connectivity index (χ1n) is 6.75. The molecule has 0 radical (unpaired) electrons. The summed E-state index contributed by atoms with van der Waals surface area (Å²) in [4.78, 5) is 13.6. The minimum atomic E-state index is 0.197. The normalized spacial score (nSPS) is 16.2. The number of piperazine rings is 1. The van der Waals surface area contributed by atoms with E-state index in [0.717, 1.165) is 32.6 Å². The summed E-state index contributed by atoms with van der Waals surface area (Å²) in [5.41, 5.74) is 0. The van der Waals surface area contributed by atoms with Gasteiger partial charge in [0, 0.05) is 32.1 Å². The molecule has 0 aromatic heterocycles. The van der Waals surface area contributed by atoms with Crippen LogP contribution in [0.25, 0.3) is 0 Å². The maximum Gasteiger partial charge on any atom is 0.225 e. The van der Waals surface area contributed by atoms with Crippen molar-refractivity contribution in [3.63, 3.8) is 0 Å². The molecule has 1 heterocycles. The molecule has 0 bridgehead atoms. The Bertz CT molecular complexity index is 154. The van der Waals surface area contributed by atoms with Gasteiger partial charge in [0.15, 0.2) is 0 Å². The van der Waals surface area contributed by atoms with Crippen LogP contribution in [0.4, 0.5) is 0 Å². The van der Waals surface area contributed by atoms with Crippen molar-refractivity contribution < 1.29 is 4.79 Å². The summed E-state index contributed by atoms with van der Waals surface area (Å²) in [6.45, 7) is 15.7. The van der Waals surface area contributed by atoms with Crippen LogP contribution in [-0.2, 0) is 4.79 Å². The topological polar surface area (TPSA) is 32.3 Å². The summed E-state index contributed by atoms with van der Waals surface area (Å²) >= 11 is 0. The number of nitrogens with one attached hydrogen (secondary N) is 1. The SMILES string of the molecule is CC.CC.CCC(C)C(=O)N1CCNCC1. The molecule has 1 rings (SSSR count). The quantitative estimate of drug-likeness (QED) is 0.790. The van der Waals surface area contributed by atoms with Crippen LogP contribution in [0.15, 0.2) is 0 Å². The second-order valence-electron chi connectivity index (χ2n) is 3.38. The van der Waals surface area contributed by atoms with Crippen LogP contribution >= 0.6 is 0 Å². The summed E-state index contributed by atoms with van der Waals surface area (Å²) in [7, 11) is 0. The number of carbonyl (C=O) groups excluding carboxylic acids is 1. The number of hydrogen-bond donors (Lipinski definition) is 1. The van der Waals surface area contributed by atoms with Crippen molar-refractivity contribution in [2.24, 2.45) is 5.92 Å². The molecule has 0 saturated carbocycles. The summed E-state index contributed by atoms with van der Waals surface area (Å²) in [6.07, 6.45) is 0.947. The molecular formula is C13H30N2O. The average molecular weight is 230 g/mol. The number of rotatable bonds is 2. The molecule has 1 fully saturated rings. The van der Waals surface area contributed by atoms with E-state index in [1.165, 1.54) is 0 Å². The molecule has 0 aromatic carbocycles. The van der Waals surface area contributed by atoms with Crippen LogP contribution in [0.1, 0.15) is 48.0 Å². The molecule has 1 unspecified atom stereocenters. The molecule has 0 aliphatic carbocycles. The zero-order valence-electron chi connectivity index (χ0n) is 12.0. The molecule has 1 aliphatic heterocycles. The highest BCUT2D eigenvalue weighted by atomic mass is 16.2. The van der Waals surface area contributed by atoms with Gasteiger partial charge in [0.25, 0.3) is 0 Å². The second kappa shape index (κ2) is 12.5. The first-order valence-corrected chi connectivity index (χ1v) is 6.75. The molecular weight excluding hydrogens is 200 g/mol. The minimum Gasteiger partial charge on any atom is -0.340 e. The molecule has 1 aliphatic rings. The lowest BCUT2D eigenvalue weighted by atomic mass is 10.1. The van der Waals surface area contributed by atoms with Crippen molar-refractivity contribution >= 4 is 5.91 Å². The van der Waals surface area contributed by atoms with Crippen LogP contribution in [-0.4, -0.2) is 37.0 Å². The van der Waals surface area contributed by atoms with E-state index in [9.17, 15) is 4.79 Å². The molecule has 3 nitrogen and oxygen atoms in total. The Labute approximate surface area is 102 Å². The smallest absolute Gasteiger partial charge is 0.225 e. The van der Waals surface area contributed by atoms with Gasteiger partial charge in [-0.1, -0.05) is 41.5 Å². The van der Waals surface area contributed by atoms with Crippen LogP contribution in [0, 0.1) is 5.92 Å². The fourth-order valence-corrected chi connectivity index (χ4v) is 1.37. The van der Waals surface area contributed by atoms with Gasteiger partial charge in [-0.2, -0.15) is 0 Å². The Hall–Kier alpha value is -0.570. The number of nitrogens with zero attached hydrogens (tertiary/aromatic N) is 1. The van der Waals surface area contributed by atoms with Crippen LogP contribution < -0.4 is 5.32 Å². The zero-order valence-corrected chi connectivity index (χ0v) is 12.0. The van der Waals surface area contributed by atoms with Crippen molar-refractivity contribution in [3.8, 4) is 0 Å². The van der Waals surface area contributed by atoms with E-state index in [1.807, 2.05) is 39.5 Å². The Balaban J connectivity index is 0. The molecule has 0 spiro atoms. The van der Waals surface area contributed by atoms with Gasteiger partial charge in [0.05, 0.1) is 0 Å². The van der Waals surface area contributed by atoms with Gasteiger partial charge >= 0.3 is 0 Å². The maximum absolute atomic E-state index is 11.6. The van der Waals surface area contributed by atoms with Crippen molar-refractivity contribution in [1.82, 2.24) is 10.2 Å². The predicted molar refractivity (Wildman–Crippen MR) is 71.6 cm³/mol. The first-order chi connectivity index (χ1) is 7.75.